The average molecular weight is 467 g/mol. The van der Waals surface area contributed by atoms with Gasteiger partial charge in [0.2, 0.25) is 5.91 Å². The molecule has 1 aromatic heterocycles. The third-order valence-electron chi connectivity index (χ3n) is 7.29. The van der Waals surface area contributed by atoms with Crippen LogP contribution in [0.5, 0.6) is 11.5 Å². The molecule has 34 heavy (non-hydrogen) atoms. The molecule has 184 valence electrons. The molecule has 0 unspecified atom stereocenters. The summed E-state index contributed by atoms with van der Waals surface area (Å²) < 4.78 is 11.4. The Hall–Kier alpha value is -2.80. The minimum atomic E-state index is 0.164. The first-order valence-corrected chi connectivity index (χ1v) is 12.4. The molecule has 0 N–H and O–H groups in total. The van der Waals surface area contributed by atoms with Gasteiger partial charge < -0.3 is 19.3 Å². The number of anilines is 1. The van der Waals surface area contributed by atoms with Crippen LogP contribution in [0.3, 0.4) is 0 Å². The molecule has 2 aliphatic rings. The molecule has 0 radical (unpaired) electrons. The van der Waals surface area contributed by atoms with E-state index in [9.17, 15) is 4.79 Å². The lowest BCUT2D eigenvalue weighted by Crippen LogP contribution is -2.58. The van der Waals surface area contributed by atoms with Crippen LogP contribution in [0.2, 0.25) is 0 Å². The number of piperidine rings is 1. The van der Waals surface area contributed by atoms with E-state index in [-0.39, 0.29) is 5.91 Å². The summed E-state index contributed by atoms with van der Waals surface area (Å²) in [6, 6.07) is 13.2. The van der Waals surface area contributed by atoms with E-state index in [4.69, 9.17) is 9.47 Å². The van der Waals surface area contributed by atoms with E-state index in [1.54, 1.807) is 14.0 Å². The number of carbonyl (C=O) groups is 1. The minimum absolute atomic E-state index is 0.164. The molecule has 7 nitrogen and oxygen atoms in total. The second kappa shape index (κ2) is 11.1. The number of piperazine rings is 1. The number of hydrogen-bond acceptors (Lipinski definition) is 6. The summed E-state index contributed by atoms with van der Waals surface area (Å²) in [5.74, 6) is 3.50. The quantitative estimate of drug-likeness (QED) is 0.619. The number of amides is 1. The van der Waals surface area contributed by atoms with Crippen LogP contribution in [-0.4, -0.2) is 79.2 Å². The van der Waals surface area contributed by atoms with Crippen LogP contribution in [0.15, 0.2) is 42.6 Å². The molecule has 2 aromatic rings. The van der Waals surface area contributed by atoms with Crippen molar-refractivity contribution in [2.75, 3.05) is 51.3 Å². The van der Waals surface area contributed by atoms with E-state index in [0.717, 1.165) is 62.9 Å². The van der Waals surface area contributed by atoms with Crippen LogP contribution >= 0.6 is 0 Å². The van der Waals surface area contributed by atoms with Crippen molar-refractivity contribution in [3.63, 3.8) is 0 Å². The number of aromatic nitrogens is 1. The summed E-state index contributed by atoms with van der Waals surface area (Å²) in [5.41, 5.74) is 1.38. The standard InChI is InChI=1S/C27H38N4O3/c1-20-18-30(22(3)32)19-21(2)31(20)15-16-34-25-7-5-23(6-8-25)24-10-13-29(14-11-24)27-17-26(33-4)9-12-28-27/h5-9,12,17,20-21,24H,10-11,13-16,18-19H2,1-4H3/t20-,21+. The summed E-state index contributed by atoms with van der Waals surface area (Å²) in [5, 5.41) is 0. The predicted molar refractivity (Wildman–Crippen MR) is 135 cm³/mol. The predicted octanol–water partition coefficient (Wildman–Crippen LogP) is 3.79. The summed E-state index contributed by atoms with van der Waals surface area (Å²) >= 11 is 0. The smallest absolute Gasteiger partial charge is 0.219 e. The lowest BCUT2D eigenvalue weighted by Gasteiger charge is -2.44. The Labute approximate surface area is 203 Å². The molecule has 0 aliphatic carbocycles. The van der Waals surface area contributed by atoms with Crippen LogP contribution in [0.25, 0.3) is 0 Å². The normalized spacial score (nSPS) is 22.0. The van der Waals surface area contributed by atoms with Gasteiger partial charge >= 0.3 is 0 Å². The Bertz CT molecular complexity index is 931. The topological polar surface area (TPSA) is 58.1 Å². The fourth-order valence-electron chi connectivity index (χ4n) is 5.30. The summed E-state index contributed by atoms with van der Waals surface area (Å²) in [7, 11) is 1.69. The van der Waals surface area contributed by atoms with Crippen LogP contribution in [0.1, 0.15) is 45.1 Å². The van der Waals surface area contributed by atoms with E-state index in [0.29, 0.717) is 24.6 Å². The molecule has 0 bridgehead atoms. The van der Waals surface area contributed by atoms with Gasteiger partial charge in [0.1, 0.15) is 23.9 Å². The Morgan fingerprint density at radius 2 is 1.71 bits per heavy atom. The van der Waals surface area contributed by atoms with Gasteiger partial charge in [0.05, 0.1) is 7.11 Å². The average Bonchev–Trinajstić information content (AvgIpc) is 2.86. The maximum absolute atomic E-state index is 11.7. The molecule has 1 amide bonds. The zero-order valence-corrected chi connectivity index (χ0v) is 20.9. The Morgan fingerprint density at radius 3 is 2.32 bits per heavy atom. The molecule has 4 rings (SSSR count). The van der Waals surface area contributed by atoms with Crippen LogP contribution in [-0.2, 0) is 4.79 Å². The van der Waals surface area contributed by atoms with Crippen molar-refractivity contribution in [1.29, 1.82) is 0 Å². The van der Waals surface area contributed by atoms with E-state index in [2.05, 4.69) is 52.9 Å². The van der Waals surface area contributed by atoms with Gasteiger partial charge in [0, 0.05) is 64.0 Å². The zero-order chi connectivity index (χ0) is 24.1. The van der Waals surface area contributed by atoms with Gasteiger partial charge in [-0.1, -0.05) is 12.1 Å². The maximum atomic E-state index is 11.7. The fraction of sp³-hybridized carbons (Fsp3) is 0.556. The SMILES string of the molecule is COc1ccnc(N2CCC(c3ccc(OCCN4[C@H](C)CN(C(C)=O)C[C@@H]4C)cc3)CC2)c1. The monoisotopic (exact) mass is 466 g/mol. The Kier molecular flexibility index (Phi) is 7.93. The van der Waals surface area contributed by atoms with Crippen molar-refractivity contribution < 1.29 is 14.3 Å². The number of hydrogen-bond donors (Lipinski definition) is 0. The first-order valence-electron chi connectivity index (χ1n) is 12.4. The molecule has 0 spiro atoms. The second-order valence-corrected chi connectivity index (χ2v) is 9.59. The second-order valence-electron chi connectivity index (χ2n) is 9.59. The molecule has 2 fully saturated rings. The summed E-state index contributed by atoms with van der Waals surface area (Å²) in [6.45, 7) is 11.1. The van der Waals surface area contributed by atoms with E-state index >= 15 is 0 Å². The summed E-state index contributed by atoms with van der Waals surface area (Å²) in [4.78, 5) is 23.0. The van der Waals surface area contributed by atoms with Crippen LogP contribution < -0.4 is 14.4 Å². The molecule has 1 aromatic carbocycles. The largest absolute Gasteiger partial charge is 0.497 e. The van der Waals surface area contributed by atoms with Crippen molar-refractivity contribution in [1.82, 2.24) is 14.8 Å². The van der Waals surface area contributed by atoms with Gasteiger partial charge in [-0.3, -0.25) is 9.69 Å². The molecule has 0 saturated carbocycles. The Balaban J connectivity index is 1.23. The van der Waals surface area contributed by atoms with Gasteiger partial charge in [-0.2, -0.15) is 0 Å². The van der Waals surface area contributed by atoms with Gasteiger partial charge in [0.15, 0.2) is 0 Å². The molecular formula is C27H38N4O3. The third kappa shape index (κ3) is 5.81. The number of carbonyl (C=O) groups excluding carboxylic acids is 1. The van der Waals surface area contributed by atoms with Gasteiger partial charge in [-0.25, -0.2) is 4.98 Å². The number of ether oxygens (including phenoxy) is 2. The first kappa shape index (κ1) is 24.3. The van der Waals surface area contributed by atoms with E-state index in [1.165, 1.54) is 5.56 Å². The van der Waals surface area contributed by atoms with Crippen molar-refractivity contribution in [2.24, 2.45) is 0 Å². The molecule has 2 aliphatic heterocycles. The molecule has 2 atom stereocenters. The van der Waals surface area contributed by atoms with Crippen molar-refractivity contribution in [3.05, 3.63) is 48.2 Å². The number of methoxy groups -OCH3 is 1. The van der Waals surface area contributed by atoms with Crippen LogP contribution in [0.4, 0.5) is 5.82 Å². The summed E-state index contributed by atoms with van der Waals surface area (Å²) in [6.07, 6.45) is 4.04. The fourth-order valence-corrected chi connectivity index (χ4v) is 5.30. The minimum Gasteiger partial charge on any atom is -0.497 e. The molecular weight excluding hydrogens is 428 g/mol. The number of rotatable bonds is 7. The van der Waals surface area contributed by atoms with Gasteiger partial charge in [-0.05, 0) is 56.4 Å². The lowest BCUT2D eigenvalue weighted by molar-refractivity contribution is -0.133. The number of benzene rings is 1. The first-order chi connectivity index (χ1) is 16.4. The van der Waals surface area contributed by atoms with Crippen LogP contribution in [0, 0.1) is 0 Å². The molecule has 7 heteroatoms. The van der Waals surface area contributed by atoms with E-state index < -0.39 is 0 Å². The Morgan fingerprint density at radius 1 is 1.03 bits per heavy atom. The van der Waals surface area contributed by atoms with Crippen molar-refractivity contribution in [2.45, 2.75) is 51.6 Å². The lowest BCUT2D eigenvalue weighted by atomic mass is 9.89. The highest BCUT2D eigenvalue weighted by molar-refractivity contribution is 5.73. The highest BCUT2D eigenvalue weighted by Gasteiger charge is 2.30. The third-order valence-corrected chi connectivity index (χ3v) is 7.29. The van der Waals surface area contributed by atoms with Gasteiger partial charge in [-0.15, -0.1) is 0 Å². The van der Waals surface area contributed by atoms with Gasteiger partial charge in [0.25, 0.3) is 0 Å². The highest BCUT2D eigenvalue weighted by atomic mass is 16.5. The van der Waals surface area contributed by atoms with E-state index in [1.807, 2.05) is 23.2 Å². The number of nitrogens with zero attached hydrogens (tertiary/aromatic N) is 4. The highest BCUT2D eigenvalue weighted by Crippen LogP contribution is 2.31. The van der Waals surface area contributed by atoms with Crippen molar-refractivity contribution >= 4 is 11.7 Å². The van der Waals surface area contributed by atoms with Crippen molar-refractivity contribution in [3.8, 4) is 11.5 Å². The zero-order valence-electron chi connectivity index (χ0n) is 20.9. The maximum Gasteiger partial charge on any atom is 0.219 e. The number of pyridine rings is 1. The molecule has 2 saturated heterocycles. The molecule has 3 heterocycles.